The summed E-state index contributed by atoms with van der Waals surface area (Å²) in [6.07, 6.45) is 4.15. The predicted molar refractivity (Wildman–Crippen MR) is 59.9 cm³/mol. The normalized spacial score (nSPS) is 23.3. The molecule has 0 amide bonds. The van der Waals surface area contributed by atoms with Crippen molar-refractivity contribution in [3.63, 3.8) is 0 Å². The van der Waals surface area contributed by atoms with Crippen LogP contribution in [0.4, 0.5) is 0 Å². The third-order valence-electron chi connectivity index (χ3n) is 3.94. The molecule has 0 saturated heterocycles. The van der Waals surface area contributed by atoms with Crippen LogP contribution in [0.1, 0.15) is 29.5 Å². The van der Waals surface area contributed by atoms with Gasteiger partial charge in [-0.3, -0.25) is 0 Å². The molecule has 3 nitrogen and oxygen atoms in total. The van der Waals surface area contributed by atoms with E-state index in [2.05, 4.69) is 6.07 Å². The van der Waals surface area contributed by atoms with Gasteiger partial charge in [0.05, 0.1) is 13.2 Å². The smallest absolute Gasteiger partial charge is 0.128 e. The van der Waals surface area contributed by atoms with Gasteiger partial charge in [-0.25, -0.2) is 0 Å². The average molecular weight is 217 g/mol. The highest BCUT2D eigenvalue weighted by Crippen LogP contribution is 2.53. The van der Waals surface area contributed by atoms with Gasteiger partial charge in [-0.2, -0.15) is 0 Å². The fourth-order valence-electron chi connectivity index (χ4n) is 2.90. The van der Waals surface area contributed by atoms with Gasteiger partial charge in [0.25, 0.3) is 0 Å². The van der Waals surface area contributed by atoms with Gasteiger partial charge in [-0.1, -0.05) is 0 Å². The molecule has 3 heteroatoms. The first-order chi connectivity index (χ1) is 7.78. The van der Waals surface area contributed by atoms with Crippen LogP contribution < -0.4 is 15.2 Å². The number of ether oxygens (including phenoxy) is 2. The highest BCUT2D eigenvalue weighted by Gasteiger charge is 2.46. The molecule has 1 saturated carbocycles. The van der Waals surface area contributed by atoms with E-state index in [0.29, 0.717) is 0 Å². The van der Waals surface area contributed by atoms with E-state index < -0.39 is 0 Å². The molecule has 2 heterocycles. The monoisotopic (exact) mass is 217 g/mol. The van der Waals surface area contributed by atoms with Crippen molar-refractivity contribution >= 4 is 0 Å². The van der Waals surface area contributed by atoms with Gasteiger partial charge in [-0.05, 0) is 18.9 Å². The molecule has 0 aromatic heterocycles. The van der Waals surface area contributed by atoms with Crippen molar-refractivity contribution in [3.8, 4) is 11.5 Å². The molecule has 16 heavy (non-hydrogen) atoms. The zero-order valence-corrected chi connectivity index (χ0v) is 9.21. The average Bonchev–Trinajstić information content (AvgIpc) is 2.72. The van der Waals surface area contributed by atoms with Crippen molar-refractivity contribution in [3.05, 3.63) is 22.8 Å². The van der Waals surface area contributed by atoms with Gasteiger partial charge in [0.1, 0.15) is 11.5 Å². The standard InChI is InChI=1S/C13H15NO2/c14-13(3-4-13)11-9-2-6-15-10(9)7-8-1-5-16-12(8)11/h7H,1-6,14H2. The van der Waals surface area contributed by atoms with Crippen LogP contribution in [0.5, 0.6) is 11.5 Å². The maximum absolute atomic E-state index is 6.38. The summed E-state index contributed by atoms with van der Waals surface area (Å²) in [6.45, 7) is 1.59. The summed E-state index contributed by atoms with van der Waals surface area (Å²) in [4.78, 5) is 0. The SMILES string of the molecule is NC1(c2c3c(cc4c2OCC4)OCC3)CC1. The molecule has 0 atom stereocenters. The van der Waals surface area contributed by atoms with Crippen LogP contribution in [0.2, 0.25) is 0 Å². The summed E-state index contributed by atoms with van der Waals surface area (Å²) in [7, 11) is 0. The first-order valence-electron chi connectivity index (χ1n) is 6.02. The number of hydrogen-bond acceptors (Lipinski definition) is 3. The Kier molecular flexibility index (Phi) is 1.51. The zero-order valence-electron chi connectivity index (χ0n) is 9.21. The number of fused-ring (bicyclic) bond motifs is 2. The Morgan fingerprint density at radius 3 is 2.75 bits per heavy atom. The fourth-order valence-corrected chi connectivity index (χ4v) is 2.90. The van der Waals surface area contributed by atoms with Gasteiger partial charge < -0.3 is 15.2 Å². The number of hydrogen-bond donors (Lipinski definition) is 1. The quantitative estimate of drug-likeness (QED) is 0.775. The van der Waals surface area contributed by atoms with Crippen molar-refractivity contribution in [2.75, 3.05) is 13.2 Å². The molecule has 1 aromatic carbocycles. The van der Waals surface area contributed by atoms with Crippen LogP contribution >= 0.6 is 0 Å². The molecular formula is C13H15NO2. The van der Waals surface area contributed by atoms with Crippen LogP contribution in [0, 0.1) is 0 Å². The maximum Gasteiger partial charge on any atom is 0.128 e. The molecule has 0 spiro atoms. The Hall–Kier alpha value is -1.22. The number of benzene rings is 1. The summed E-state index contributed by atoms with van der Waals surface area (Å²) in [5, 5.41) is 0. The fraction of sp³-hybridized carbons (Fsp3) is 0.538. The topological polar surface area (TPSA) is 44.5 Å². The van der Waals surface area contributed by atoms with Crippen LogP contribution in [-0.2, 0) is 18.4 Å². The molecule has 1 aliphatic carbocycles. The minimum Gasteiger partial charge on any atom is -0.493 e. The van der Waals surface area contributed by atoms with Crippen LogP contribution in [-0.4, -0.2) is 13.2 Å². The molecule has 0 unspecified atom stereocenters. The largest absolute Gasteiger partial charge is 0.493 e. The Labute approximate surface area is 94.5 Å². The molecule has 4 rings (SSSR count). The molecule has 1 aromatic rings. The highest BCUT2D eigenvalue weighted by molar-refractivity contribution is 5.60. The van der Waals surface area contributed by atoms with Crippen LogP contribution in [0.15, 0.2) is 6.07 Å². The molecule has 84 valence electrons. The summed E-state index contributed by atoms with van der Waals surface area (Å²) < 4.78 is 11.5. The first-order valence-corrected chi connectivity index (χ1v) is 6.02. The lowest BCUT2D eigenvalue weighted by molar-refractivity contribution is 0.350. The molecule has 1 fully saturated rings. The third kappa shape index (κ3) is 1.02. The summed E-state index contributed by atoms with van der Waals surface area (Å²) in [6, 6.07) is 2.15. The highest BCUT2D eigenvalue weighted by atomic mass is 16.5. The lowest BCUT2D eigenvalue weighted by Crippen LogP contribution is -2.21. The van der Waals surface area contributed by atoms with E-state index in [9.17, 15) is 0 Å². The maximum atomic E-state index is 6.38. The van der Waals surface area contributed by atoms with Gasteiger partial charge in [0, 0.05) is 35.1 Å². The van der Waals surface area contributed by atoms with Crippen molar-refractivity contribution in [2.24, 2.45) is 5.73 Å². The Balaban J connectivity index is 2.01. The zero-order chi connectivity index (χ0) is 10.8. The molecule has 2 aliphatic heterocycles. The first kappa shape index (κ1) is 8.88. The molecule has 0 radical (unpaired) electrons. The van der Waals surface area contributed by atoms with Crippen molar-refractivity contribution in [1.82, 2.24) is 0 Å². The van der Waals surface area contributed by atoms with Gasteiger partial charge in [-0.15, -0.1) is 0 Å². The van der Waals surface area contributed by atoms with E-state index >= 15 is 0 Å². The lowest BCUT2D eigenvalue weighted by Gasteiger charge is -2.17. The molecule has 3 aliphatic rings. The second kappa shape index (κ2) is 2.72. The number of rotatable bonds is 1. The summed E-state index contributed by atoms with van der Waals surface area (Å²) in [5.74, 6) is 2.13. The van der Waals surface area contributed by atoms with Gasteiger partial charge in [0.2, 0.25) is 0 Å². The Morgan fingerprint density at radius 2 is 1.94 bits per heavy atom. The van der Waals surface area contributed by atoms with Crippen LogP contribution in [0.3, 0.4) is 0 Å². The second-order valence-electron chi connectivity index (χ2n) is 5.07. The van der Waals surface area contributed by atoms with E-state index in [1.54, 1.807) is 0 Å². The van der Waals surface area contributed by atoms with Crippen molar-refractivity contribution in [2.45, 2.75) is 31.2 Å². The van der Waals surface area contributed by atoms with Gasteiger partial charge in [0.15, 0.2) is 0 Å². The molecular weight excluding hydrogens is 202 g/mol. The summed E-state index contributed by atoms with van der Waals surface area (Å²) >= 11 is 0. The van der Waals surface area contributed by atoms with E-state index in [1.807, 2.05) is 0 Å². The summed E-state index contributed by atoms with van der Waals surface area (Å²) in [5.41, 5.74) is 10.1. The van der Waals surface area contributed by atoms with Crippen LogP contribution in [0.25, 0.3) is 0 Å². The minimum atomic E-state index is -0.118. The lowest BCUT2D eigenvalue weighted by atomic mass is 9.93. The minimum absolute atomic E-state index is 0.118. The van der Waals surface area contributed by atoms with E-state index in [0.717, 1.165) is 50.4 Å². The Morgan fingerprint density at radius 1 is 1.12 bits per heavy atom. The van der Waals surface area contributed by atoms with E-state index in [4.69, 9.17) is 15.2 Å². The van der Waals surface area contributed by atoms with Crippen molar-refractivity contribution in [1.29, 1.82) is 0 Å². The van der Waals surface area contributed by atoms with E-state index in [-0.39, 0.29) is 5.54 Å². The Bertz CT molecular complexity index is 445. The molecule has 0 bridgehead atoms. The number of nitrogens with two attached hydrogens (primary N) is 1. The predicted octanol–water partition coefficient (Wildman–Crippen LogP) is 1.50. The van der Waals surface area contributed by atoms with Gasteiger partial charge >= 0.3 is 0 Å². The van der Waals surface area contributed by atoms with Crippen molar-refractivity contribution < 1.29 is 9.47 Å². The molecule has 2 N–H and O–H groups in total. The third-order valence-corrected chi connectivity index (χ3v) is 3.94. The second-order valence-corrected chi connectivity index (χ2v) is 5.07. The van der Waals surface area contributed by atoms with E-state index in [1.165, 1.54) is 16.7 Å².